The van der Waals surface area contributed by atoms with E-state index in [0.29, 0.717) is 0 Å². The highest BCUT2D eigenvalue weighted by Crippen LogP contribution is 2.43. The zero-order valence-electron chi connectivity index (χ0n) is 9.75. The minimum atomic E-state index is -3.71. The van der Waals surface area contributed by atoms with Crippen molar-refractivity contribution < 1.29 is 27.4 Å². The average molecular weight is 260 g/mol. The Bertz CT molecular complexity index is 485. The van der Waals surface area contributed by atoms with Gasteiger partial charge >= 0.3 is 12.3 Å². The Hall–Kier alpha value is -1.72. The van der Waals surface area contributed by atoms with Crippen molar-refractivity contribution in [3.05, 3.63) is 23.8 Å². The smallest absolute Gasteiger partial charge is 0.395 e. The van der Waals surface area contributed by atoms with E-state index < -0.39 is 18.2 Å². The molecule has 1 aromatic carbocycles. The molecule has 0 bridgehead atoms. The summed E-state index contributed by atoms with van der Waals surface area (Å²) in [7, 11) is 0. The standard InChI is InChI=1S/C12H11F3O3/c1-6(2)10(11(13)16)7-3-4-8-9(5-7)18-12(14,15)17-8/h3-6,10H,1-2H3. The van der Waals surface area contributed by atoms with Crippen LogP contribution in [0, 0.1) is 5.92 Å². The second-order valence-corrected chi connectivity index (χ2v) is 4.40. The number of carbonyl (C=O) groups excluding carboxylic acids is 1. The molecule has 18 heavy (non-hydrogen) atoms. The number of alkyl halides is 2. The van der Waals surface area contributed by atoms with E-state index in [9.17, 15) is 18.0 Å². The van der Waals surface area contributed by atoms with E-state index in [2.05, 4.69) is 9.47 Å². The van der Waals surface area contributed by atoms with Gasteiger partial charge in [-0.2, -0.15) is 4.39 Å². The molecule has 0 saturated heterocycles. The summed E-state index contributed by atoms with van der Waals surface area (Å²) in [4.78, 5) is 10.9. The first-order valence-corrected chi connectivity index (χ1v) is 5.39. The van der Waals surface area contributed by atoms with Crippen LogP contribution in [0.1, 0.15) is 25.3 Å². The molecule has 6 heteroatoms. The predicted octanol–water partition coefficient (Wildman–Crippen LogP) is 3.24. The molecule has 0 aromatic heterocycles. The molecule has 0 radical (unpaired) electrons. The van der Waals surface area contributed by atoms with Gasteiger partial charge in [0.2, 0.25) is 0 Å². The topological polar surface area (TPSA) is 35.5 Å². The lowest BCUT2D eigenvalue weighted by atomic mass is 9.89. The van der Waals surface area contributed by atoms with Crippen molar-refractivity contribution in [2.75, 3.05) is 0 Å². The second-order valence-electron chi connectivity index (χ2n) is 4.40. The third-order valence-corrected chi connectivity index (χ3v) is 2.70. The minimum Gasteiger partial charge on any atom is -0.395 e. The molecule has 1 aliphatic rings. The van der Waals surface area contributed by atoms with Gasteiger partial charge in [-0.3, -0.25) is 4.79 Å². The van der Waals surface area contributed by atoms with Gasteiger partial charge in [0.15, 0.2) is 11.5 Å². The number of benzene rings is 1. The molecule has 3 nitrogen and oxygen atoms in total. The van der Waals surface area contributed by atoms with E-state index in [1.807, 2.05) is 0 Å². The molecule has 1 unspecified atom stereocenters. The monoisotopic (exact) mass is 260 g/mol. The van der Waals surface area contributed by atoms with E-state index in [4.69, 9.17) is 0 Å². The first-order valence-electron chi connectivity index (χ1n) is 5.39. The molecule has 0 saturated carbocycles. The third kappa shape index (κ3) is 2.27. The Morgan fingerprint density at radius 1 is 1.22 bits per heavy atom. The van der Waals surface area contributed by atoms with Crippen molar-refractivity contribution >= 4 is 6.04 Å². The lowest BCUT2D eigenvalue weighted by molar-refractivity contribution is -0.286. The fraction of sp³-hybridized carbons (Fsp3) is 0.417. The molecular weight excluding hydrogens is 249 g/mol. The van der Waals surface area contributed by atoms with Gasteiger partial charge < -0.3 is 9.47 Å². The van der Waals surface area contributed by atoms with Gasteiger partial charge in [0.25, 0.3) is 0 Å². The zero-order valence-corrected chi connectivity index (χ0v) is 9.75. The van der Waals surface area contributed by atoms with Gasteiger partial charge in [0.05, 0.1) is 5.92 Å². The predicted molar refractivity (Wildman–Crippen MR) is 56.3 cm³/mol. The molecule has 0 aliphatic carbocycles. The van der Waals surface area contributed by atoms with Gasteiger partial charge in [-0.05, 0) is 23.6 Å². The molecule has 0 spiro atoms. The number of hydrogen-bond donors (Lipinski definition) is 0. The summed E-state index contributed by atoms with van der Waals surface area (Å²) in [6.07, 6.45) is -3.71. The van der Waals surface area contributed by atoms with Crippen LogP contribution in [0.4, 0.5) is 13.2 Å². The number of fused-ring (bicyclic) bond motifs is 1. The quantitative estimate of drug-likeness (QED) is 0.782. The normalized spacial score (nSPS) is 17.9. The number of ether oxygens (including phenoxy) is 2. The van der Waals surface area contributed by atoms with Crippen LogP contribution in [-0.4, -0.2) is 12.3 Å². The van der Waals surface area contributed by atoms with Crippen LogP contribution >= 0.6 is 0 Å². The van der Waals surface area contributed by atoms with Crippen molar-refractivity contribution in [3.8, 4) is 11.5 Å². The van der Waals surface area contributed by atoms with Crippen molar-refractivity contribution in [1.29, 1.82) is 0 Å². The van der Waals surface area contributed by atoms with Gasteiger partial charge in [-0.1, -0.05) is 19.9 Å². The highest BCUT2D eigenvalue weighted by molar-refractivity contribution is 5.77. The van der Waals surface area contributed by atoms with Gasteiger partial charge in [0, 0.05) is 0 Å². The number of carbonyl (C=O) groups is 1. The number of halogens is 3. The first kappa shape index (κ1) is 12.7. The van der Waals surface area contributed by atoms with E-state index in [1.165, 1.54) is 18.2 Å². The molecule has 1 heterocycles. The van der Waals surface area contributed by atoms with Crippen LogP contribution in [0.3, 0.4) is 0 Å². The van der Waals surface area contributed by atoms with Crippen molar-refractivity contribution in [2.45, 2.75) is 26.1 Å². The Morgan fingerprint density at radius 2 is 1.83 bits per heavy atom. The fourth-order valence-corrected chi connectivity index (χ4v) is 1.94. The van der Waals surface area contributed by atoms with E-state index in [1.54, 1.807) is 13.8 Å². The molecule has 1 aliphatic heterocycles. The molecule has 0 amide bonds. The SMILES string of the molecule is CC(C)C(C(=O)F)c1ccc2c(c1)OC(F)(F)O2. The van der Waals surface area contributed by atoms with Crippen molar-refractivity contribution in [2.24, 2.45) is 5.92 Å². The molecule has 98 valence electrons. The maximum Gasteiger partial charge on any atom is 0.586 e. The van der Waals surface area contributed by atoms with Gasteiger partial charge in [0.1, 0.15) is 0 Å². The highest BCUT2D eigenvalue weighted by Gasteiger charge is 2.43. The third-order valence-electron chi connectivity index (χ3n) is 2.70. The summed E-state index contributed by atoms with van der Waals surface area (Å²) in [5.41, 5.74) is 0.289. The van der Waals surface area contributed by atoms with E-state index in [0.717, 1.165) is 0 Å². The minimum absolute atomic E-state index is 0.127. The van der Waals surface area contributed by atoms with Crippen LogP contribution in [0.5, 0.6) is 11.5 Å². The zero-order chi connectivity index (χ0) is 13.5. The average Bonchev–Trinajstić information content (AvgIpc) is 2.49. The second kappa shape index (κ2) is 4.19. The maximum absolute atomic E-state index is 12.9. The maximum atomic E-state index is 12.9. The first-order chi connectivity index (χ1) is 8.30. The Balaban J connectivity index is 2.36. The molecular formula is C12H11F3O3. The molecule has 0 fully saturated rings. The van der Waals surface area contributed by atoms with Crippen molar-refractivity contribution in [1.82, 2.24) is 0 Å². The summed E-state index contributed by atoms with van der Waals surface area (Å²) >= 11 is 0. The largest absolute Gasteiger partial charge is 0.586 e. The Kier molecular flexibility index (Phi) is 2.96. The van der Waals surface area contributed by atoms with Crippen LogP contribution in [0.25, 0.3) is 0 Å². The summed E-state index contributed by atoms with van der Waals surface area (Å²) < 4.78 is 47.0. The van der Waals surface area contributed by atoms with Gasteiger partial charge in [-0.25, -0.2) is 0 Å². The van der Waals surface area contributed by atoms with E-state index >= 15 is 0 Å². The lowest BCUT2D eigenvalue weighted by Gasteiger charge is -2.15. The Morgan fingerprint density at radius 3 is 2.39 bits per heavy atom. The molecule has 0 N–H and O–H groups in total. The van der Waals surface area contributed by atoms with Crippen LogP contribution < -0.4 is 9.47 Å². The molecule has 1 atom stereocenters. The highest BCUT2D eigenvalue weighted by atomic mass is 19.3. The van der Waals surface area contributed by atoms with Crippen LogP contribution in [0.15, 0.2) is 18.2 Å². The summed E-state index contributed by atoms with van der Waals surface area (Å²) in [6.45, 7) is 3.34. The Labute approximate surface area is 102 Å². The van der Waals surface area contributed by atoms with E-state index in [-0.39, 0.29) is 23.0 Å². The summed E-state index contributed by atoms with van der Waals surface area (Å²) in [6, 6.07) is 2.32. The number of hydrogen-bond acceptors (Lipinski definition) is 3. The fourth-order valence-electron chi connectivity index (χ4n) is 1.94. The molecule has 2 rings (SSSR count). The number of rotatable bonds is 3. The van der Waals surface area contributed by atoms with Gasteiger partial charge in [-0.15, -0.1) is 8.78 Å². The summed E-state index contributed by atoms with van der Waals surface area (Å²) in [5.74, 6) is -1.60. The lowest BCUT2D eigenvalue weighted by Crippen LogP contribution is -2.25. The van der Waals surface area contributed by atoms with Crippen LogP contribution in [0.2, 0.25) is 0 Å². The molecule has 1 aromatic rings. The van der Waals surface area contributed by atoms with Crippen LogP contribution in [-0.2, 0) is 4.79 Å². The van der Waals surface area contributed by atoms with Crippen molar-refractivity contribution in [3.63, 3.8) is 0 Å². The summed E-state index contributed by atoms with van der Waals surface area (Å²) in [5, 5.41) is 0.